The van der Waals surface area contributed by atoms with Crippen LogP contribution < -0.4 is 5.32 Å². The van der Waals surface area contributed by atoms with Gasteiger partial charge in [-0.2, -0.15) is 5.10 Å². The van der Waals surface area contributed by atoms with Crippen LogP contribution in [0.25, 0.3) is 10.6 Å². The summed E-state index contributed by atoms with van der Waals surface area (Å²) in [5.74, 6) is 1.92. The molecule has 0 radical (unpaired) electrons. The Bertz CT molecular complexity index is 730. The Kier molecular flexibility index (Phi) is 3.37. The molecule has 4 nitrogen and oxygen atoms in total. The monoisotopic (exact) mass is 313 g/mol. The number of aryl methyl sites for hydroxylation is 1. The highest BCUT2D eigenvalue weighted by molar-refractivity contribution is 7.15. The molecule has 0 unspecified atom stereocenters. The molecule has 22 heavy (non-hydrogen) atoms. The van der Waals surface area contributed by atoms with Gasteiger partial charge in [-0.3, -0.25) is 9.89 Å². The zero-order valence-corrected chi connectivity index (χ0v) is 13.3. The molecule has 2 aromatic rings. The Labute approximate surface area is 133 Å². The molecule has 0 aromatic carbocycles. The van der Waals surface area contributed by atoms with Gasteiger partial charge in [0.25, 0.3) is 5.91 Å². The molecule has 4 rings (SSSR count). The third-order valence-corrected chi connectivity index (χ3v) is 5.79. The summed E-state index contributed by atoms with van der Waals surface area (Å²) in [5.41, 5.74) is 1.38. The van der Waals surface area contributed by atoms with E-state index in [4.69, 9.17) is 0 Å². The van der Waals surface area contributed by atoms with Crippen LogP contribution >= 0.6 is 11.3 Å². The number of carbonyl (C=O) groups is 1. The smallest absolute Gasteiger partial charge is 0.271 e. The van der Waals surface area contributed by atoms with Crippen LogP contribution in [0, 0.1) is 24.7 Å². The van der Waals surface area contributed by atoms with Crippen LogP contribution in [0.4, 0.5) is 0 Å². The predicted octanol–water partition coefficient (Wildman–Crippen LogP) is 3.39. The van der Waals surface area contributed by atoms with Crippen LogP contribution in [0.3, 0.4) is 0 Å². The number of aromatic nitrogens is 2. The Morgan fingerprint density at radius 2 is 2.32 bits per heavy atom. The summed E-state index contributed by atoms with van der Waals surface area (Å²) in [4.78, 5) is 14.6. The minimum absolute atomic E-state index is 0.0810. The largest absolute Gasteiger partial charge is 0.350 e. The maximum Gasteiger partial charge on any atom is 0.271 e. The lowest BCUT2D eigenvalue weighted by molar-refractivity contribution is 0.0940. The summed E-state index contributed by atoms with van der Waals surface area (Å²) in [6.07, 6.45) is 7.12. The van der Waals surface area contributed by atoms with E-state index in [0.717, 1.165) is 23.0 Å². The number of nitrogens with one attached hydrogen (secondary N) is 2. The highest BCUT2D eigenvalue weighted by Gasteiger charge is 2.35. The highest BCUT2D eigenvalue weighted by atomic mass is 32.1. The molecule has 3 atom stereocenters. The van der Waals surface area contributed by atoms with Gasteiger partial charge in [-0.15, -0.1) is 11.3 Å². The molecule has 2 bridgehead atoms. The lowest BCUT2D eigenvalue weighted by Gasteiger charge is -2.17. The Morgan fingerprint density at radius 1 is 1.41 bits per heavy atom. The van der Waals surface area contributed by atoms with Crippen molar-refractivity contribution in [3.8, 4) is 10.6 Å². The zero-order chi connectivity index (χ0) is 15.1. The Hall–Kier alpha value is -1.88. The fourth-order valence-corrected chi connectivity index (χ4v) is 4.42. The summed E-state index contributed by atoms with van der Waals surface area (Å²) in [6, 6.07) is 5.96. The number of hydrogen-bond acceptors (Lipinski definition) is 3. The van der Waals surface area contributed by atoms with Crippen LogP contribution in [-0.4, -0.2) is 22.6 Å². The van der Waals surface area contributed by atoms with E-state index in [1.54, 1.807) is 11.3 Å². The van der Waals surface area contributed by atoms with E-state index in [0.29, 0.717) is 17.5 Å². The van der Waals surface area contributed by atoms with Crippen LogP contribution in [0.1, 0.15) is 28.2 Å². The van der Waals surface area contributed by atoms with Crippen molar-refractivity contribution in [1.82, 2.24) is 15.5 Å². The number of nitrogens with zero attached hydrogens (tertiary/aromatic N) is 1. The molecule has 1 saturated carbocycles. The normalized spacial score (nSPS) is 25.8. The topological polar surface area (TPSA) is 57.8 Å². The molecule has 2 aromatic heterocycles. The molecule has 0 saturated heterocycles. The average Bonchev–Trinajstić information content (AvgIpc) is 3.27. The molecular weight excluding hydrogens is 294 g/mol. The maximum atomic E-state index is 12.2. The van der Waals surface area contributed by atoms with Crippen LogP contribution in [-0.2, 0) is 0 Å². The lowest BCUT2D eigenvalue weighted by Crippen LogP contribution is -2.31. The fourth-order valence-electron chi connectivity index (χ4n) is 3.59. The average molecular weight is 313 g/mol. The number of rotatable bonds is 4. The third kappa shape index (κ3) is 2.50. The summed E-state index contributed by atoms with van der Waals surface area (Å²) >= 11 is 1.70. The van der Waals surface area contributed by atoms with Gasteiger partial charge in [-0.1, -0.05) is 12.2 Å². The molecule has 2 heterocycles. The fraction of sp³-hybridized carbons (Fsp3) is 0.412. The van der Waals surface area contributed by atoms with Gasteiger partial charge in [0.15, 0.2) is 5.69 Å². The standard InChI is InChI=1S/C17H19N3OS/c1-10-2-5-16(22-10)14-8-15(20-19-14)17(21)18-9-13-7-11-3-4-12(13)6-11/h2-5,8,11-13H,6-7,9H2,1H3,(H,18,21)(H,19,20)/t11-,12+,13+/m1/s1. The molecule has 2 aliphatic carbocycles. The lowest BCUT2D eigenvalue weighted by atomic mass is 9.93. The van der Waals surface area contributed by atoms with Gasteiger partial charge in [-0.25, -0.2) is 0 Å². The number of allylic oxidation sites excluding steroid dienone is 2. The number of H-pyrrole nitrogens is 1. The SMILES string of the molecule is Cc1ccc(-c2cc(C(=O)NC[C@@H]3C[C@@H]4C=C[C@H]3C4)n[nH]2)s1. The number of aromatic amines is 1. The van der Waals surface area contributed by atoms with E-state index in [1.165, 1.54) is 17.7 Å². The van der Waals surface area contributed by atoms with Gasteiger partial charge in [0.05, 0.1) is 10.6 Å². The second-order valence-electron chi connectivity index (χ2n) is 6.33. The minimum atomic E-state index is -0.0810. The molecule has 1 fully saturated rings. The van der Waals surface area contributed by atoms with E-state index in [-0.39, 0.29) is 5.91 Å². The summed E-state index contributed by atoms with van der Waals surface area (Å²) in [5, 5.41) is 10.2. The van der Waals surface area contributed by atoms with Gasteiger partial charge < -0.3 is 5.32 Å². The highest BCUT2D eigenvalue weighted by Crippen LogP contribution is 2.42. The molecule has 0 aliphatic heterocycles. The van der Waals surface area contributed by atoms with Crippen molar-refractivity contribution in [2.45, 2.75) is 19.8 Å². The first-order valence-electron chi connectivity index (χ1n) is 7.78. The molecule has 2 aliphatic rings. The van der Waals surface area contributed by atoms with Crippen molar-refractivity contribution in [2.24, 2.45) is 17.8 Å². The molecule has 5 heteroatoms. The molecule has 1 amide bonds. The second kappa shape index (κ2) is 5.39. The minimum Gasteiger partial charge on any atom is -0.350 e. The summed E-state index contributed by atoms with van der Waals surface area (Å²) in [6.45, 7) is 2.83. The third-order valence-electron chi connectivity index (χ3n) is 4.76. The van der Waals surface area contributed by atoms with E-state index < -0.39 is 0 Å². The first-order valence-corrected chi connectivity index (χ1v) is 8.59. The van der Waals surface area contributed by atoms with Gasteiger partial charge in [0.2, 0.25) is 0 Å². The number of thiophene rings is 1. The van der Waals surface area contributed by atoms with E-state index in [1.807, 2.05) is 6.07 Å². The van der Waals surface area contributed by atoms with Gasteiger partial charge >= 0.3 is 0 Å². The number of carbonyl (C=O) groups excluding carboxylic acids is 1. The maximum absolute atomic E-state index is 12.2. The van der Waals surface area contributed by atoms with Crippen LogP contribution in [0.5, 0.6) is 0 Å². The van der Waals surface area contributed by atoms with E-state index in [2.05, 4.69) is 46.7 Å². The quantitative estimate of drug-likeness (QED) is 0.850. The molecule has 0 spiro atoms. The van der Waals surface area contributed by atoms with Crippen molar-refractivity contribution in [3.05, 3.63) is 40.9 Å². The number of amides is 1. The first kappa shape index (κ1) is 13.8. The first-order chi connectivity index (χ1) is 10.7. The van der Waals surface area contributed by atoms with Crippen LogP contribution in [0.2, 0.25) is 0 Å². The van der Waals surface area contributed by atoms with Gasteiger partial charge in [-0.05, 0) is 55.7 Å². The van der Waals surface area contributed by atoms with Crippen LogP contribution in [0.15, 0.2) is 30.4 Å². The van der Waals surface area contributed by atoms with E-state index in [9.17, 15) is 4.79 Å². The second-order valence-corrected chi connectivity index (χ2v) is 7.62. The predicted molar refractivity (Wildman–Crippen MR) is 87.8 cm³/mol. The summed E-state index contributed by atoms with van der Waals surface area (Å²) < 4.78 is 0. The number of fused-ring (bicyclic) bond motifs is 2. The molecule has 114 valence electrons. The molecule has 2 N–H and O–H groups in total. The van der Waals surface area contributed by atoms with E-state index >= 15 is 0 Å². The van der Waals surface area contributed by atoms with Crippen molar-refractivity contribution >= 4 is 17.2 Å². The van der Waals surface area contributed by atoms with Crippen molar-refractivity contribution in [2.75, 3.05) is 6.54 Å². The Morgan fingerprint density at radius 3 is 3.00 bits per heavy atom. The van der Waals surface area contributed by atoms with Gasteiger partial charge in [0.1, 0.15) is 0 Å². The molecular formula is C17H19N3OS. The zero-order valence-electron chi connectivity index (χ0n) is 12.5. The number of hydrogen-bond donors (Lipinski definition) is 2. The van der Waals surface area contributed by atoms with Crippen molar-refractivity contribution < 1.29 is 4.79 Å². The summed E-state index contributed by atoms with van der Waals surface area (Å²) in [7, 11) is 0. The van der Waals surface area contributed by atoms with Gasteiger partial charge in [0, 0.05) is 11.4 Å². The van der Waals surface area contributed by atoms with Crippen molar-refractivity contribution in [3.63, 3.8) is 0 Å². The van der Waals surface area contributed by atoms with Crippen molar-refractivity contribution in [1.29, 1.82) is 0 Å². The Balaban J connectivity index is 1.39.